The maximum atomic E-state index is 11.8. The smallest absolute Gasteiger partial charge is 0.189 e. The Morgan fingerprint density at radius 2 is 2.06 bits per heavy atom. The summed E-state index contributed by atoms with van der Waals surface area (Å²) in [6, 6.07) is 5.18. The normalized spacial score (nSPS) is 10.1. The second kappa shape index (κ2) is 5.75. The molecule has 0 saturated heterocycles. The summed E-state index contributed by atoms with van der Waals surface area (Å²) in [5, 5.41) is 0. The van der Waals surface area contributed by atoms with Crippen molar-refractivity contribution in [1.82, 2.24) is 0 Å². The highest BCUT2D eigenvalue weighted by Crippen LogP contribution is 2.30. The number of allylic oxidation sites excluding steroid dienone is 3. The first-order valence-electron chi connectivity index (χ1n) is 4.79. The molecule has 0 aliphatic carbocycles. The number of benzene rings is 1. The van der Waals surface area contributed by atoms with E-state index in [0.717, 1.165) is 0 Å². The van der Waals surface area contributed by atoms with Gasteiger partial charge in [-0.3, -0.25) is 4.79 Å². The van der Waals surface area contributed by atoms with Crippen molar-refractivity contribution < 1.29 is 14.3 Å². The van der Waals surface area contributed by atoms with Crippen LogP contribution in [0.1, 0.15) is 10.4 Å². The van der Waals surface area contributed by atoms with E-state index in [9.17, 15) is 4.79 Å². The molecule has 0 saturated carbocycles. The molecule has 0 aliphatic heterocycles. The summed E-state index contributed by atoms with van der Waals surface area (Å²) in [6.07, 6.45) is 4.57. The molecule has 1 rings (SSSR count). The molecule has 0 aromatic heterocycles. The molecule has 0 fully saturated rings. The second-order valence-electron chi connectivity index (χ2n) is 3.00. The van der Waals surface area contributed by atoms with Crippen LogP contribution in [0, 0.1) is 0 Å². The standard InChI is InChI=1S/C13H14O3/c1-4-5-8-11(14)10-7-6-9-12(15-2)13(10)16-3/h4-9H,1H2,2-3H3. The van der Waals surface area contributed by atoms with Gasteiger partial charge in [-0.05, 0) is 18.2 Å². The van der Waals surface area contributed by atoms with Crippen LogP contribution in [0.25, 0.3) is 0 Å². The minimum Gasteiger partial charge on any atom is -0.493 e. The Kier molecular flexibility index (Phi) is 4.33. The highest BCUT2D eigenvalue weighted by Gasteiger charge is 2.13. The Labute approximate surface area is 95.0 Å². The van der Waals surface area contributed by atoms with E-state index in [2.05, 4.69) is 6.58 Å². The maximum absolute atomic E-state index is 11.8. The van der Waals surface area contributed by atoms with Crippen molar-refractivity contribution >= 4 is 5.78 Å². The van der Waals surface area contributed by atoms with Gasteiger partial charge >= 0.3 is 0 Å². The van der Waals surface area contributed by atoms with Gasteiger partial charge in [-0.2, -0.15) is 0 Å². The molecule has 0 atom stereocenters. The first-order valence-corrected chi connectivity index (χ1v) is 4.79. The van der Waals surface area contributed by atoms with Gasteiger partial charge in [0.05, 0.1) is 19.8 Å². The summed E-state index contributed by atoms with van der Waals surface area (Å²) in [4.78, 5) is 11.8. The Hall–Kier alpha value is -2.03. The lowest BCUT2D eigenvalue weighted by atomic mass is 10.1. The van der Waals surface area contributed by atoms with Gasteiger partial charge in [0.2, 0.25) is 0 Å². The van der Waals surface area contributed by atoms with Crippen LogP contribution in [-0.4, -0.2) is 20.0 Å². The molecule has 16 heavy (non-hydrogen) atoms. The van der Waals surface area contributed by atoms with Gasteiger partial charge in [0, 0.05) is 0 Å². The molecule has 3 heteroatoms. The summed E-state index contributed by atoms with van der Waals surface area (Å²) in [6.45, 7) is 3.51. The lowest BCUT2D eigenvalue weighted by molar-refractivity contribution is 0.104. The molecule has 84 valence electrons. The molecule has 1 aromatic rings. The quantitative estimate of drug-likeness (QED) is 0.433. The first kappa shape index (κ1) is 12.0. The zero-order valence-corrected chi connectivity index (χ0v) is 9.40. The number of carbonyl (C=O) groups excluding carboxylic acids is 1. The second-order valence-corrected chi connectivity index (χ2v) is 3.00. The number of ether oxygens (including phenoxy) is 2. The lowest BCUT2D eigenvalue weighted by Gasteiger charge is -2.10. The van der Waals surface area contributed by atoms with E-state index < -0.39 is 0 Å². The summed E-state index contributed by atoms with van der Waals surface area (Å²) < 4.78 is 10.3. The molecule has 0 N–H and O–H groups in total. The number of carbonyl (C=O) groups is 1. The Bertz CT molecular complexity index is 419. The monoisotopic (exact) mass is 218 g/mol. The third-order valence-corrected chi connectivity index (χ3v) is 2.05. The third-order valence-electron chi connectivity index (χ3n) is 2.05. The minimum atomic E-state index is -0.143. The highest BCUT2D eigenvalue weighted by molar-refractivity contribution is 6.07. The van der Waals surface area contributed by atoms with Crippen molar-refractivity contribution in [3.05, 3.63) is 48.6 Å². The predicted octanol–water partition coefficient (Wildman–Crippen LogP) is 2.63. The number of methoxy groups -OCH3 is 2. The van der Waals surface area contributed by atoms with Crippen molar-refractivity contribution in [2.75, 3.05) is 14.2 Å². The number of hydrogen-bond donors (Lipinski definition) is 0. The van der Waals surface area contributed by atoms with Crippen molar-refractivity contribution in [1.29, 1.82) is 0 Å². The van der Waals surface area contributed by atoms with Gasteiger partial charge in [-0.1, -0.05) is 24.8 Å². The van der Waals surface area contributed by atoms with Crippen molar-refractivity contribution in [2.24, 2.45) is 0 Å². The molecular weight excluding hydrogens is 204 g/mol. The number of rotatable bonds is 5. The van der Waals surface area contributed by atoms with Crippen molar-refractivity contribution in [3.8, 4) is 11.5 Å². The van der Waals surface area contributed by atoms with Gasteiger partial charge < -0.3 is 9.47 Å². The molecule has 0 heterocycles. The lowest BCUT2D eigenvalue weighted by Crippen LogP contribution is -2.00. The number of para-hydroxylation sites is 1. The zero-order chi connectivity index (χ0) is 12.0. The molecule has 0 radical (unpaired) electrons. The Balaban J connectivity index is 3.17. The topological polar surface area (TPSA) is 35.5 Å². The summed E-state index contributed by atoms with van der Waals surface area (Å²) >= 11 is 0. The van der Waals surface area contributed by atoms with E-state index in [1.807, 2.05) is 0 Å². The van der Waals surface area contributed by atoms with Crippen molar-refractivity contribution in [2.45, 2.75) is 0 Å². The molecule has 3 nitrogen and oxygen atoms in total. The third kappa shape index (κ3) is 2.51. The highest BCUT2D eigenvalue weighted by atomic mass is 16.5. The Morgan fingerprint density at radius 3 is 2.62 bits per heavy atom. The molecule has 0 aliphatic rings. The largest absolute Gasteiger partial charge is 0.493 e. The molecule has 0 spiro atoms. The van der Waals surface area contributed by atoms with Crippen LogP contribution in [0.4, 0.5) is 0 Å². The van der Waals surface area contributed by atoms with E-state index in [1.165, 1.54) is 20.3 Å². The van der Waals surface area contributed by atoms with Crippen LogP contribution < -0.4 is 9.47 Å². The van der Waals surface area contributed by atoms with Crippen LogP contribution in [0.5, 0.6) is 11.5 Å². The average molecular weight is 218 g/mol. The van der Waals surface area contributed by atoms with Gasteiger partial charge in [-0.25, -0.2) is 0 Å². The zero-order valence-electron chi connectivity index (χ0n) is 9.40. The SMILES string of the molecule is C=CC=CC(=O)c1cccc(OC)c1OC. The van der Waals surface area contributed by atoms with Gasteiger partial charge in [0.25, 0.3) is 0 Å². The molecule has 1 aromatic carbocycles. The van der Waals surface area contributed by atoms with Crippen LogP contribution in [0.2, 0.25) is 0 Å². The fraction of sp³-hybridized carbons (Fsp3) is 0.154. The fourth-order valence-electron chi connectivity index (χ4n) is 1.33. The van der Waals surface area contributed by atoms with E-state index in [-0.39, 0.29) is 5.78 Å². The summed E-state index contributed by atoms with van der Waals surface area (Å²) in [5.74, 6) is 0.847. The van der Waals surface area contributed by atoms with Crippen LogP contribution in [0.3, 0.4) is 0 Å². The van der Waals surface area contributed by atoms with Crippen molar-refractivity contribution in [3.63, 3.8) is 0 Å². The van der Waals surface area contributed by atoms with E-state index in [0.29, 0.717) is 17.1 Å². The van der Waals surface area contributed by atoms with Gasteiger partial charge in [0.1, 0.15) is 0 Å². The average Bonchev–Trinajstić information content (AvgIpc) is 2.34. The Morgan fingerprint density at radius 1 is 1.31 bits per heavy atom. The fourth-order valence-corrected chi connectivity index (χ4v) is 1.33. The predicted molar refractivity (Wildman–Crippen MR) is 63.2 cm³/mol. The first-order chi connectivity index (χ1) is 7.74. The molecule has 0 bridgehead atoms. The molecular formula is C13H14O3. The number of hydrogen-bond acceptors (Lipinski definition) is 3. The minimum absolute atomic E-state index is 0.143. The summed E-state index contributed by atoms with van der Waals surface area (Å²) in [7, 11) is 3.04. The van der Waals surface area contributed by atoms with E-state index in [4.69, 9.17) is 9.47 Å². The van der Waals surface area contributed by atoms with Crippen LogP contribution >= 0.6 is 0 Å². The molecule has 0 amide bonds. The molecule has 0 unspecified atom stereocenters. The van der Waals surface area contributed by atoms with Crippen LogP contribution in [0.15, 0.2) is 43.0 Å². The van der Waals surface area contributed by atoms with E-state index >= 15 is 0 Å². The van der Waals surface area contributed by atoms with E-state index in [1.54, 1.807) is 30.4 Å². The van der Waals surface area contributed by atoms with Crippen LogP contribution in [-0.2, 0) is 0 Å². The number of ketones is 1. The summed E-state index contributed by atoms with van der Waals surface area (Å²) in [5.41, 5.74) is 0.472. The van der Waals surface area contributed by atoms with Gasteiger partial charge in [0.15, 0.2) is 17.3 Å². The van der Waals surface area contributed by atoms with Gasteiger partial charge in [-0.15, -0.1) is 0 Å². The maximum Gasteiger partial charge on any atom is 0.189 e.